The van der Waals surface area contributed by atoms with Crippen LogP contribution >= 0.6 is 11.3 Å². The second kappa shape index (κ2) is 8.88. The van der Waals surface area contributed by atoms with Gasteiger partial charge in [-0.2, -0.15) is 5.26 Å². The lowest BCUT2D eigenvalue weighted by atomic mass is 10.0. The molecule has 2 N–H and O–H groups in total. The van der Waals surface area contributed by atoms with Crippen molar-refractivity contribution in [3.63, 3.8) is 0 Å². The molecule has 0 bridgehead atoms. The Balaban J connectivity index is 1.64. The fourth-order valence-electron chi connectivity index (χ4n) is 3.91. The molecule has 0 saturated heterocycles. The molecule has 2 aromatic carbocycles. The van der Waals surface area contributed by atoms with Crippen molar-refractivity contribution < 1.29 is 14.6 Å². The molecule has 0 saturated carbocycles. The van der Waals surface area contributed by atoms with E-state index in [1.807, 2.05) is 50.4 Å². The fraction of sp³-hybridized carbons (Fsp3) is 0.292. The molecule has 0 spiro atoms. The molecule has 6 nitrogen and oxygen atoms in total. The molecule has 4 rings (SSSR count). The van der Waals surface area contributed by atoms with Crippen LogP contribution in [0.1, 0.15) is 43.0 Å². The molecular formula is C24H23N3O3S. The van der Waals surface area contributed by atoms with Gasteiger partial charge in [0, 0.05) is 11.8 Å². The summed E-state index contributed by atoms with van der Waals surface area (Å²) in [6, 6.07) is 13.8. The number of aromatic nitrogens is 1. The summed E-state index contributed by atoms with van der Waals surface area (Å²) in [5, 5.41) is 22.3. The number of nitrogens with zero attached hydrogens (tertiary/aromatic N) is 2. The Morgan fingerprint density at radius 3 is 2.97 bits per heavy atom. The number of hydrogen-bond donors (Lipinski definition) is 2. The first-order valence-electron chi connectivity index (χ1n) is 10.2. The normalized spacial score (nSPS) is 14.9. The summed E-state index contributed by atoms with van der Waals surface area (Å²) >= 11 is 1.57. The summed E-state index contributed by atoms with van der Waals surface area (Å²) in [4.78, 5) is 17.3. The Kier molecular flexibility index (Phi) is 6.03. The van der Waals surface area contributed by atoms with E-state index < -0.39 is 6.61 Å². The predicted molar refractivity (Wildman–Crippen MR) is 120 cm³/mol. The number of hydrogen-bond acceptors (Lipinski definition) is 6. The Bertz CT molecular complexity index is 1160. The monoisotopic (exact) mass is 433 g/mol. The van der Waals surface area contributed by atoms with Gasteiger partial charge in [0.05, 0.1) is 22.6 Å². The van der Waals surface area contributed by atoms with Crippen LogP contribution in [0.15, 0.2) is 42.6 Å². The maximum absolute atomic E-state index is 11.6. The zero-order valence-corrected chi connectivity index (χ0v) is 18.2. The highest BCUT2D eigenvalue weighted by molar-refractivity contribution is 7.18. The minimum atomic E-state index is -0.505. The van der Waals surface area contributed by atoms with E-state index in [0.29, 0.717) is 11.3 Å². The highest BCUT2D eigenvalue weighted by Crippen LogP contribution is 2.41. The standard InChI is InChI=1S/C24H23N3O3S/c1-14(2)30-21-9-6-15(10-16(21)11-25)24-26-12-22(31-24)19-5-3-4-18-17(19)7-8-20(18)27-23(29)13-28/h3-6,9-10,12,14,20,28H,7-8,13H2,1-2H3,(H,27,29)/t20-/m0/s1. The molecule has 1 heterocycles. The van der Waals surface area contributed by atoms with E-state index in [1.165, 1.54) is 5.56 Å². The van der Waals surface area contributed by atoms with Crippen molar-refractivity contribution in [1.29, 1.82) is 5.26 Å². The number of fused-ring (bicyclic) bond motifs is 1. The van der Waals surface area contributed by atoms with Crippen LogP contribution < -0.4 is 10.1 Å². The molecule has 1 aliphatic rings. The fourth-order valence-corrected chi connectivity index (χ4v) is 4.88. The number of amides is 1. The van der Waals surface area contributed by atoms with E-state index in [-0.39, 0.29) is 18.1 Å². The number of carbonyl (C=O) groups excluding carboxylic acids is 1. The Labute approximate surface area is 185 Å². The summed E-state index contributed by atoms with van der Waals surface area (Å²) in [7, 11) is 0. The quantitative estimate of drug-likeness (QED) is 0.607. The molecule has 3 aromatic rings. The lowest BCUT2D eigenvalue weighted by Crippen LogP contribution is -2.29. The van der Waals surface area contributed by atoms with Gasteiger partial charge >= 0.3 is 0 Å². The molecule has 0 fully saturated rings. The molecule has 0 aliphatic heterocycles. The van der Waals surface area contributed by atoms with E-state index in [0.717, 1.165) is 39.4 Å². The van der Waals surface area contributed by atoms with Crippen LogP contribution in [0.4, 0.5) is 0 Å². The van der Waals surface area contributed by atoms with Crippen molar-refractivity contribution in [2.45, 2.75) is 38.8 Å². The Morgan fingerprint density at radius 2 is 2.23 bits per heavy atom. The average Bonchev–Trinajstić information content (AvgIpc) is 3.41. The first-order valence-corrected chi connectivity index (χ1v) is 11.0. The van der Waals surface area contributed by atoms with Gasteiger partial charge in [-0.3, -0.25) is 4.79 Å². The van der Waals surface area contributed by atoms with Gasteiger partial charge in [-0.15, -0.1) is 11.3 Å². The minimum absolute atomic E-state index is 0.00409. The van der Waals surface area contributed by atoms with Crippen molar-refractivity contribution in [2.75, 3.05) is 6.61 Å². The molecular weight excluding hydrogens is 410 g/mol. The summed E-state index contributed by atoms with van der Waals surface area (Å²) in [6.07, 6.45) is 3.53. The topological polar surface area (TPSA) is 95.2 Å². The Morgan fingerprint density at radius 1 is 1.39 bits per heavy atom. The van der Waals surface area contributed by atoms with E-state index in [2.05, 4.69) is 22.4 Å². The number of aliphatic hydroxyl groups is 1. The molecule has 31 heavy (non-hydrogen) atoms. The van der Waals surface area contributed by atoms with E-state index in [1.54, 1.807) is 11.3 Å². The van der Waals surface area contributed by atoms with Gasteiger partial charge in [0.1, 0.15) is 23.4 Å². The molecule has 0 unspecified atom stereocenters. The lowest BCUT2D eigenvalue weighted by molar-refractivity contribution is -0.124. The van der Waals surface area contributed by atoms with Gasteiger partial charge < -0.3 is 15.2 Å². The molecule has 1 atom stereocenters. The van der Waals surface area contributed by atoms with Crippen molar-refractivity contribution in [1.82, 2.24) is 10.3 Å². The first kappa shape index (κ1) is 21.0. The van der Waals surface area contributed by atoms with Gasteiger partial charge in [-0.25, -0.2) is 4.98 Å². The van der Waals surface area contributed by atoms with Crippen LogP contribution in [0.5, 0.6) is 5.75 Å². The van der Waals surface area contributed by atoms with Crippen molar-refractivity contribution in [2.24, 2.45) is 0 Å². The second-order valence-electron chi connectivity index (χ2n) is 7.71. The molecule has 1 aliphatic carbocycles. The van der Waals surface area contributed by atoms with Crippen LogP contribution in [-0.4, -0.2) is 28.7 Å². The summed E-state index contributed by atoms with van der Waals surface area (Å²) in [5.74, 6) is 0.219. The lowest BCUT2D eigenvalue weighted by Gasteiger charge is -2.14. The number of carbonyl (C=O) groups is 1. The van der Waals surface area contributed by atoms with Crippen LogP contribution in [0.3, 0.4) is 0 Å². The second-order valence-corrected chi connectivity index (χ2v) is 8.74. The minimum Gasteiger partial charge on any atom is -0.490 e. The van der Waals surface area contributed by atoms with Gasteiger partial charge in [0.15, 0.2) is 0 Å². The smallest absolute Gasteiger partial charge is 0.246 e. The van der Waals surface area contributed by atoms with Crippen LogP contribution in [-0.2, 0) is 11.2 Å². The van der Waals surface area contributed by atoms with E-state index in [9.17, 15) is 10.1 Å². The average molecular weight is 434 g/mol. The largest absolute Gasteiger partial charge is 0.490 e. The molecule has 1 amide bonds. The van der Waals surface area contributed by atoms with Crippen LogP contribution in [0.25, 0.3) is 21.0 Å². The maximum Gasteiger partial charge on any atom is 0.246 e. The molecule has 158 valence electrons. The summed E-state index contributed by atoms with van der Waals surface area (Å²) in [6.45, 7) is 3.36. The number of aliphatic hydroxyl groups excluding tert-OH is 1. The highest BCUT2D eigenvalue weighted by Gasteiger charge is 2.26. The van der Waals surface area contributed by atoms with Crippen LogP contribution in [0, 0.1) is 11.3 Å². The zero-order chi connectivity index (χ0) is 22.0. The van der Waals surface area contributed by atoms with Gasteiger partial charge in [0.2, 0.25) is 5.91 Å². The predicted octanol–water partition coefficient (Wildman–Crippen LogP) is 4.23. The van der Waals surface area contributed by atoms with E-state index in [4.69, 9.17) is 9.84 Å². The van der Waals surface area contributed by atoms with Gasteiger partial charge in [0.25, 0.3) is 0 Å². The summed E-state index contributed by atoms with van der Waals surface area (Å²) < 4.78 is 5.71. The first-order chi connectivity index (χ1) is 15.0. The van der Waals surface area contributed by atoms with E-state index >= 15 is 0 Å². The number of nitriles is 1. The molecule has 1 aromatic heterocycles. The van der Waals surface area contributed by atoms with Crippen molar-refractivity contribution in [3.05, 3.63) is 59.3 Å². The number of ether oxygens (including phenoxy) is 1. The number of thiazole rings is 1. The van der Waals surface area contributed by atoms with Gasteiger partial charge in [-0.1, -0.05) is 18.2 Å². The molecule has 0 radical (unpaired) electrons. The van der Waals surface area contributed by atoms with Gasteiger partial charge in [-0.05, 0) is 61.6 Å². The zero-order valence-electron chi connectivity index (χ0n) is 17.4. The third kappa shape index (κ3) is 4.31. The SMILES string of the molecule is CC(C)Oc1ccc(-c2ncc(-c3cccc4c3CC[C@@H]4NC(=O)CO)s2)cc1C#N. The molecule has 7 heteroatoms. The number of nitrogens with one attached hydrogen (secondary N) is 1. The van der Waals surface area contributed by atoms with Crippen LogP contribution in [0.2, 0.25) is 0 Å². The number of benzene rings is 2. The van der Waals surface area contributed by atoms with Crippen molar-refractivity contribution in [3.8, 4) is 32.8 Å². The highest BCUT2D eigenvalue weighted by atomic mass is 32.1. The van der Waals surface area contributed by atoms with Crippen molar-refractivity contribution >= 4 is 17.2 Å². The third-order valence-electron chi connectivity index (χ3n) is 5.23. The summed E-state index contributed by atoms with van der Waals surface area (Å²) in [5.41, 5.74) is 4.79. The number of rotatable bonds is 6. The Hall–Kier alpha value is -3.21. The third-order valence-corrected chi connectivity index (χ3v) is 6.31. The maximum atomic E-state index is 11.6.